The lowest BCUT2D eigenvalue weighted by molar-refractivity contribution is 0.0697. The van der Waals surface area contributed by atoms with Crippen molar-refractivity contribution in [2.45, 2.75) is 26.7 Å². The Bertz CT molecular complexity index is 441. The summed E-state index contributed by atoms with van der Waals surface area (Å²) >= 11 is 0. The van der Waals surface area contributed by atoms with E-state index in [4.69, 9.17) is 9.84 Å². The van der Waals surface area contributed by atoms with Gasteiger partial charge in [0.05, 0.1) is 5.56 Å². The monoisotopic (exact) mass is 246 g/mol. The Labute approximate surface area is 107 Å². The summed E-state index contributed by atoms with van der Waals surface area (Å²) in [5.74, 6) is 0.569. The zero-order valence-corrected chi connectivity index (χ0v) is 10.7. The summed E-state index contributed by atoms with van der Waals surface area (Å²) in [6, 6.07) is 6.40. The van der Waals surface area contributed by atoms with E-state index in [1.54, 1.807) is 12.1 Å². The Morgan fingerprint density at radius 3 is 2.44 bits per heavy atom. The minimum Gasteiger partial charge on any atom is -0.478 e. The maximum absolute atomic E-state index is 10.7. The van der Waals surface area contributed by atoms with Crippen LogP contribution in [0, 0.1) is 0 Å². The summed E-state index contributed by atoms with van der Waals surface area (Å²) in [6.45, 7) is 4.08. The van der Waals surface area contributed by atoms with Gasteiger partial charge in [0.15, 0.2) is 0 Å². The van der Waals surface area contributed by atoms with Gasteiger partial charge >= 0.3 is 5.97 Å². The third-order valence-corrected chi connectivity index (χ3v) is 2.35. The predicted octanol–water partition coefficient (Wildman–Crippen LogP) is 4.02. The predicted molar refractivity (Wildman–Crippen MR) is 71.8 cm³/mol. The fourth-order valence-electron chi connectivity index (χ4n) is 1.35. The molecule has 0 bridgehead atoms. The molecule has 0 heterocycles. The third-order valence-electron chi connectivity index (χ3n) is 2.35. The van der Waals surface area contributed by atoms with Crippen molar-refractivity contribution in [1.29, 1.82) is 0 Å². The van der Waals surface area contributed by atoms with Gasteiger partial charge < -0.3 is 9.84 Å². The molecular formula is C15H18O3. The van der Waals surface area contributed by atoms with Crippen molar-refractivity contribution in [3.05, 3.63) is 53.8 Å². The molecular weight excluding hydrogens is 228 g/mol. The fourth-order valence-corrected chi connectivity index (χ4v) is 1.35. The molecule has 1 N–H and O–H groups in total. The summed E-state index contributed by atoms with van der Waals surface area (Å²) in [5, 5.41) is 8.79. The first kappa shape index (κ1) is 14.0. The summed E-state index contributed by atoms with van der Waals surface area (Å²) < 4.78 is 5.66. The maximum atomic E-state index is 10.7. The average Bonchev–Trinajstić information content (AvgIpc) is 2.38. The van der Waals surface area contributed by atoms with Crippen LogP contribution in [0.5, 0.6) is 5.75 Å². The second kappa shape index (κ2) is 7.33. The van der Waals surface area contributed by atoms with E-state index in [2.05, 4.69) is 6.92 Å². The van der Waals surface area contributed by atoms with Gasteiger partial charge in [0.2, 0.25) is 0 Å². The number of allylic oxidation sites excluding steroid dienone is 4. The highest BCUT2D eigenvalue weighted by Gasteiger charge is 2.03. The second-order valence-corrected chi connectivity index (χ2v) is 3.75. The van der Waals surface area contributed by atoms with Crippen molar-refractivity contribution in [2.75, 3.05) is 0 Å². The van der Waals surface area contributed by atoms with E-state index in [1.165, 1.54) is 12.1 Å². The highest BCUT2D eigenvalue weighted by molar-refractivity contribution is 5.87. The van der Waals surface area contributed by atoms with Crippen LogP contribution >= 0.6 is 0 Å². The molecule has 0 saturated heterocycles. The second-order valence-electron chi connectivity index (χ2n) is 3.75. The summed E-state index contributed by atoms with van der Waals surface area (Å²) in [4.78, 5) is 10.7. The molecule has 18 heavy (non-hydrogen) atoms. The summed E-state index contributed by atoms with van der Waals surface area (Å²) in [5.41, 5.74) is 0.259. The number of aromatic carboxylic acids is 1. The molecule has 0 amide bonds. The fraction of sp³-hybridized carbons (Fsp3) is 0.267. The van der Waals surface area contributed by atoms with E-state index in [0.29, 0.717) is 5.75 Å². The lowest BCUT2D eigenvalue weighted by Crippen LogP contribution is -1.97. The van der Waals surface area contributed by atoms with Crippen molar-refractivity contribution in [1.82, 2.24) is 0 Å². The van der Waals surface area contributed by atoms with Crippen molar-refractivity contribution >= 4 is 5.97 Å². The average molecular weight is 246 g/mol. The van der Waals surface area contributed by atoms with Crippen molar-refractivity contribution in [2.24, 2.45) is 0 Å². The van der Waals surface area contributed by atoms with Crippen LogP contribution in [0.2, 0.25) is 0 Å². The Morgan fingerprint density at radius 2 is 1.94 bits per heavy atom. The minimum atomic E-state index is -0.932. The van der Waals surface area contributed by atoms with Gasteiger partial charge in [-0.15, -0.1) is 0 Å². The van der Waals surface area contributed by atoms with E-state index >= 15 is 0 Å². The van der Waals surface area contributed by atoms with Crippen LogP contribution in [0.25, 0.3) is 0 Å². The summed E-state index contributed by atoms with van der Waals surface area (Å²) in [7, 11) is 0. The molecule has 3 heteroatoms. The van der Waals surface area contributed by atoms with Crippen LogP contribution in [0.4, 0.5) is 0 Å². The Morgan fingerprint density at radius 1 is 1.28 bits per heavy atom. The lowest BCUT2D eigenvalue weighted by Gasteiger charge is -2.07. The molecule has 0 atom stereocenters. The molecule has 0 spiro atoms. The number of carboxylic acids is 1. The molecule has 96 valence electrons. The minimum absolute atomic E-state index is 0.259. The van der Waals surface area contributed by atoms with Gasteiger partial charge in [0, 0.05) is 6.42 Å². The smallest absolute Gasteiger partial charge is 0.335 e. The van der Waals surface area contributed by atoms with Crippen LogP contribution in [0.3, 0.4) is 0 Å². The number of carbonyl (C=O) groups is 1. The van der Waals surface area contributed by atoms with Crippen LogP contribution in [-0.2, 0) is 0 Å². The molecule has 0 aliphatic heterocycles. The number of ether oxygens (including phenoxy) is 1. The number of benzene rings is 1. The Kier molecular flexibility index (Phi) is 5.71. The van der Waals surface area contributed by atoms with Gasteiger partial charge in [-0.1, -0.05) is 26.0 Å². The zero-order chi connectivity index (χ0) is 13.4. The highest BCUT2D eigenvalue weighted by atomic mass is 16.5. The number of carboxylic acid groups (broad SMARTS) is 1. The van der Waals surface area contributed by atoms with Gasteiger partial charge in [-0.2, -0.15) is 0 Å². The van der Waals surface area contributed by atoms with Gasteiger partial charge in [0.1, 0.15) is 11.5 Å². The van der Waals surface area contributed by atoms with Crippen molar-refractivity contribution in [3.63, 3.8) is 0 Å². The lowest BCUT2D eigenvalue weighted by atomic mass is 10.2. The topological polar surface area (TPSA) is 46.5 Å². The van der Waals surface area contributed by atoms with E-state index < -0.39 is 5.97 Å². The van der Waals surface area contributed by atoms with Crippen LogP contribution in [-0.4, -0.2) is 11.1 Å². The largest absolute Gasteiger partial charge is 0.478 e. The zero-order valence-electron chi connectivity index (χ0n) is 10.7. The molecule has 1 rings (SSSR count). The molecule has 0 fully saturated rings. The van der Waals surface area contributed by atoms with Crippen molar-refractivity contribution in [3.8, 4) is 5.75 Å². The first-order chi connectivity index (χ1) is 8.67. The van der Waals surface area contributed by atoms with E-state index in [0.717, 1.165) is 18.6 Å². The molecule has 1 aromatic carbocycles. The van der Waals surface area contributed by atoms with Crippen LogP contribution in [0.15, 0.2) is 48.3 Å². The summed E-state index contributed by atoms with van der Waals surface area (Å²) in [6.07, 6.45) is 7.71. The van der Waals surface area contributed by atoms with Gasteiger partial charge in [-0.05, 0) is 36.8 Å². The molecule has 3 nitrogen and oxygen atoms in total. The number of hydrogen-bond acceptors (Lipinski definition) is 2. The SMILES string of the molecule is CC/C=C\C=C(/CC)Oc1ccc(C(=O)O)cc1. The first-order valence-electron chi connectivity index (χ1n) is 6.04. The van der Waals surface area contributed by atoms with E-state index in [9.17, 15) is 4.79 Å². The molecule has 0 aliphatic rings. The molecule has 0 aromatic heterocycles. The number of rotatable bonds is 6. The van der Waals surface area contributed by atoms with E-state index in [-0.39, 0.29) is 5.56 Å². The van der Waals surface area contributed by atoms with Crippen LogP contribution in [0.1, 0.15) is 37.0 Å². The molecule has 0 radical (unpaired) electrons. The van der Waals surface area contributed by atoms with Gasteiger partial charge in [-0.25, -0.2) is 4.79 Å². The molecule has 1 aromatic rings. The first-order valence-corrected chi connectivity index (χ1v) is 6.04. The highest BCUT2D eigenvalue weighted by Crippen LogP contribution is 2.16. The maximum Gasteiger partial charge on any atom is 0.335 e. The van der Waals surface area contributed by atoms with Crippen LogP contribution < -0.4 is 4.74 Å². The molecule has 0 unspecified atom stereocenters. The molecule has 0 aliphatic carbocycles. The van der Waals surface area contributed by atoms with Crippen molar-refractivity contribution < 1.29 is 14.6 Å². The quantitative estimate of drug-likeness (QED) is 0.609. The van der Waals surface area contributed by atoms with Gasteiger partial charge in [0.25, 0.3) is 0 Å². The van der Waals surface area contributed by atoms with Gasteiger partial charge in [-0.3, -0.25) is 0 Å². The van der Waals surface area contributed by atoms with E-state index in [1.807, 2.05) is 25.2 Å². The molecule has 0 saturated carbocycles. The Hall–Kier alpha value is -2.03. The Balaban J connectivity index is 2.73. The third kappa shape index (κ3) is 4.45. The standard InChI is InChI=1S/C15H18O3/c1-3-5-6-7-13(4-2)18-14-10-8-12(9-11-14)15(16)17/h5-11H,3-4H2,1-2H3,(H,16,17)/b6-5-,13-7+. The normalized spacial score (nSPS) is 11.8. The number of hydrogen-bond donors (Lipinski definition) is 1.